The number of halogens is 1. The fraction of sp³-hybridized carbons (Fsp3) is 0.250. The van der Waals surface area contributed by atoms with E-state index >= 15 is 0 Å². The van der Waals surface area contributed by atoms with E-state index in [1.807, 2.05) is 37.3 Å². The number of carbonyl (C=O) groups is 1. The Labute approximate surface area is 88.4 Å². The standard InChI is InChI=1S/C12H13FO2/c1-9(8-11(13)12(14)15-2)10-6-4-3-5-7-10/h3-9H,1-2H3/b11-8+. The molecular weight excluding hydrogens is 195 g/mol. The van der Waals surface area contributed by atoms with Crippen LogP contribution < -0.4 is 0 Å². The number of allylic oxidation sites excluding steroid dienone is 1. The van der Waals surface area contributed by atoms with Gasteiger partial charge in [-0.1, -0.05) is 37.3 Å². The molecule has 0 amide bonds. The van der Waals surface area contributed by atoms with Crippen molar-refractivity contribution in [2.45, 2.75) is 12.8 Å². The number of hydrogen-bond donors (Lipinski definition) is 0. The Balaban J connectivity index is 2.79. The molecule has 0 saturated carbocycles. The minimum absolute atomic E-state index is 0.148. The molecular formula is C12H13FO2. The normalized spacial score (nSPS) is 13.4. The minimum Gasteiger partial charge on any atom is -0.464 e. The van der Waals surface area contributed by atoms with E-state index in [1.165, 1.54) is 6.08 Å². The molecule has 1 atom stereocenters. The third kappa shape index (κ3) is 3.20. The van der Waals surface area contributed by atoms with Gasteiger partial charge in [-0.15, -0.1) is 0 Å². The summed E-state index contributed by atoms with van der Waals surface area (Å²) in [5, 5.41) is 0. The first-order valence-corrected chi connectivity index (χ1v) is 4.65. The van der Waals surface area contributed by atoms with E-state index in [2.05, 4.69) is 4.74 Å². The van der Waals surface area contributed by atoms with Gasteiger partial charge in [0.2, 0.25) is 5.83 Å². The molecule has 0 aliphatic rings. The lowest BCUT2D eigenvalue weighted by molar-refractivity contribution is -0.137. The number of benzene rings is 1. The SMILES string of the molecule is COC(=O)/C(F)=C\C(C)c1ccccc1. The number of methoxy groups -OCH3 is 1. The Morgan fingerprint density at radius 1 is 1.40 bits per heavy atom. The molecule has 0 heterocycles. The summed E-state index contributed by atoms with van der Waals surface area (Å²) in [7, 11) is 1.16. The van der Waals surface area contributed by atoms with Gasteiger partial charge in [0.15, 0.2) is 0 Å². The Bertz CT molecular complexity index is 357. The van der Waals surface area contributed by atoms with Crippen molar-refractivity contribution in [2.75, 3.05) is 7.11 Å². The van der Waals surface area contributed by atoms with E-state index in [-0.39, 0.29) is 5.92 Å². The fourth-order valence-electron chi connectivity index (χ4n) is 1.24. The van der Waals surface area contributed by atoms with E-state index in [0.29, 0.717) is 0 Å². The van der Waals surface area contributed by atoms with Crippen molar-refractivity contribution in [3.8, 4) is 0 Å². The maximum Gasteiger partial charge on any atom is 0.366 e. The van der Waals surface area contributed by atoms with Crippen LogP contribution in [0.5, 0.6) is 0 Å². The van der Waals surface area contributed by atoms with Gasteiger partial charge < -0.3 is 4.74 Å². The zero-order valence-corrected chi connectivity index (χ0v) is 8.74. The summed E-state index contributed by atoms with van der Waals surface area (Å²) in [6.07, 6.45) is 1.25. The van der Waals surface area contributed by atoms with Gasteiger partial charge in [0.05, 0.1) is 7.11 Å². The van der Waals surface area contributed by atoms with E-state index in [4.69, 9.17) is 0 Å². The summed E-state index contributed by atoms with van der Waals surface area (Å²) < 4.78 is 17.4. The van der Waals surface area contributed by atoms with Crippen LogP contribution in [0, 0.1) is 0 Å². The van der Waals surface area contributed by atoms with E-state index in [9.17, 15) is 9.18 Å². The lowest BCUT2D eigenvalue weighted by Gasteiger charge is -2.06. The maximum absolute atomic E-state index is 13.1. The van der Waals surface area contributed by atoms with Crippen molar-refractivity contribution in [3.63, 3.8) is 0 Å². The van der Waals surface area contributed by atoms with Gasteiger partial charge in [-0.3, -0.25) is 0 Å². The molecule has 15 heavy (non-hydrogen) atoms. The molecule has 1 aromatic rings. The number of rotatable bonds is 3. The van der Waals surface area contributed by atoms with E-state index in [1.54, 1.807) is 0 Å². The maximum atomic E-state index is 13.1. The monoisotopic (exact) mass is 208 g/mol. The molecule has 0 aromatic heterocycles. The molecule has 0 aliphatic carbocycles. The van der Waals surface area contributed by atoms with Crippen LogP contribution in [-0.2, 0) is 9.53 Å². The first kappa shape index (κ1) is 11.4. The summed E-state index contributed by atoms with van der Waals surface area (Å²) in [5.74, 6) is -1.93. The minimum atomic E-state index is -0.933. The van der Waals surface area contributed by atoms with Gasteiger partial charge in [-0.2, -0.15) is 4.39 Å². The largest absolute Gasteiger partial charge is 0.464 e. The highest BCUT2D eigenvalue weighted by Gasteiger charge is 2.11. The molecule has 0 saturated heterocycles. The van der Waals surface area contributed by atoms with Gasteiger partial charge in [0.25, 0.3) is 0 Å². The van der Waals surface area contributed by atoms with Crippen LogP contribution in [-0.4, -0.2) is 13.1 Å². The molecule has 3 heteroatoms. The predicted molar refractivity (Wildman–Crippen MR) is 56.1 cm³/mol. The molecule has 1 aromatic carbocycles. The summed E-state index contributed by atoms with van der Waals surface area (Å²) in [6, 6.07) is 9.39. The zero-order chi connectivity index (χ0) is 11.3. The number of esters is 1. The highest BCUT2D eigenvalue weighted by molar-refractivity contribution is 5.85. The van der Waals surface area contributed by atoms with Crippen molar-refractivity contribution < 1.29 is 13.9 Å². The Hall–Kier alpha value is -1.64. The van der Waals surface area contributed by atoms with Crippen molar-refractivity contribution in [1.29, 1.82) is 0 Å². The fourth-order valence-corrected chi connectivity index (χ4v) is 1.24. The number of ether oxygens (including phenoxy) is 1. The summed E-state index contributed by atoms with van der Waals surface area (Å²) in [6.45, 7) is 1.82. The van der Waals surface area contributed by atoms with Gasteiger partial charge in [0.1, 0.15) is 0 Å². The van der Waals surface area contributed by atoms with E-state index < -0.39 is 11.8 Å². The second-order valence-electron chi connectivity index (χ2n) is 3.21. The summed E-state index contributed by atoms with van der Waals surface area (Å²) in [4.78, 5) is 10.8. The molecule has 2 nitrogen and oxygen atoms in total. The van der Waals surface area contributed by atoms with Crippen LogP contribution in [0.2, 0.25) is 0 Å². The molecule has 0 N–H and O–H groups in total. The predicted octanol–water partition coefficient (Wildman–Crippen LogP) is 2.82. The third-order valence-corrected chi connectivity index (χ3v) is 2.10. The van der Waals surface area contributed by atoms with Gasteiger partial charge in [-0.25, -0.2) is 4.79 Å². The molecule has 1 unspecified atom stereocenters. The third-order valence-electron chi connectivity index (χ3n) is 2.10. The topological polar surface area (TPSA) is 26.3 Å². The first-order valence-electron chi connectivity index (χ1n) is 4.65. The van der Waals surface area contributed by atoms with Crippen LogP contribution in [0.3, 0.4) is 0 Å². The lowest BCUT2D eigenvalue weighted by atomic mass is 10.0. The molecule has 0 radical (unpaired) electrons. The van der Waals surface area contributed by atoms with Crippen LogP contribution in [0.1, 0.15) is 18.4 Å². The van der Waals surface area contributed by atoms with Crippen LogP contribution in [0.25, 0.3) is 0 Å². The quantitative estimate of drug-likeness (QED) is 0.564. The van der Waals surface area contributed by atoms with Gasteiger partial charge >= 0.3 is 5.97 Å². The number of hydrogen-bond acceptors (Lipinski definition) is 2. The van der Waals surface area contributed by atoms with Crippen molar-refractivity contribution >= 4 is 5.97 Å². The van der Waals surface area contributed by atoms with Crippen molar-refractivity contribution in [1.82, 2.24) is 0 Å². The molecule has 0 aliphatic heterocycles. The Morgan fingerprint density at radius 2 is 2.00 bits per heavy atom. The second-order valence-corrected chi connectivity index (χ2v) is 3.21. The summed E-state index contributed by atoms with van der Waals surface area (Å²) in [5.41, 5.74) is 0.955. The Kier molecular flexibility index (Phi) is 4.03. The Morgan fingerprint density at radius 3 is 2.53 bits per heavy atom. The van der Waals surface area contributed by atoms with Crippen LogP contribution in [0.15, 0.2) is 42.2 Å². The molecule has 0 spiro atoms. The van der Waals surface area contributed by atoms with Crippen molar-refractivity contribution in [3.05, 3.63) is 47.8 Å². The van der Waals surface area contributed by atoms with E-state index in [0.717, 1.165) is 12.7 Å². The summed E-state index contributed by atoms with van der Waals surface area (Å²) >= 11 is 0. The van der Waals surface area contributed by atoms with Crippen molar-refractivity contribution in [2.24, 2.45) is 0 Å². The second kappa shape index (κ2) is 5.29. The average Bonchev–Trinajstić information content (AvgIpc) is 2.29. The lowest BCUT2D eigenvalue weighted by Crippen LogP contribution is -2.02. The van der Waals surface area contributed by atoms with Crippen LogP contribution in [0.4, 0.5) is 4.39 Å². The number of carbonyl (C=O) groups excluding carboxylic acids is 1. The molecule has 1 rings (SSSR count). The van der Waals surface area contributed by atoms with Gasteiger partial charge in [0, 0.05) is 5.92 Å². The first-order chi connectivity index (χ1) is 7.15. The molecule has 0 fully saturated rings. The van der Waals surface area contributed by atoms with Crippen LogP contribution >= 0.6 is 0 Å². The zero-order valence-electron chi connectivity index (χ0n) is 8.74. The van der Waals surface area contributed by atoms with Gasteiger partial charge in [-0.05, 0) is 11.6 Å². The average molecular weight is 208 g/mol. The highest BCUT2D eigenvalue weighted by Crippen LogP contribution is 2.18. The highest BCUT2D eigenvalue weighted by atomic mass is 19.1. The smallest absolute Gasteiger partial charge is 0.366 e. The molecule has 80 valence electrons. The molecule has 0 bridgehead atoms.